The molecule has 0 aliphatic heterocycles. The molecule has 1 aromatic carbocycles. The Morgan fingerprint density at radius 1 is 1.24 bits per heavy atom. The SMILES string of the molecule is CCNC(=NCc1ccc2c(c1)CCC2)NC(C)CC.I. The number of fused-ring (bicyclic) bond motifs is 1. The molecule has 1 aliphatic carbocycles. The minimum atomic E-state index is 0. The number of nitrogens with zero attached hydrogens (tertiary/aromatic N) is 1. The van der Waals surface area contributed by atoms with Crippen molar-refractivity contribution in [2.75, 3.05) is 6.54 Å². The standard InChI is InChI=1S/C17H27N3.HI/c1-4-13(3)20-17(18-5-2)19-12-14-9-10-15-7-6-8-16(15)11-14;/h9-11,13H,4-8,12H2,1-3H3,(H2,18,19,20);1H. The molecule has 2 rings (SSSR count). The van der Waals surface area contributed by atoms with E-state index < -0.39 is 0 Å². The number of guanidine groups is 1. The highest BCUT2D eigenvalue weighted by Crippen LogP contribution is 2.23. The van der Waals surface area contributed by atoms with E-state index in [4.69, 9.17) is 4.99 Å². The first kappa shape index (κ1) is 18.3. The van der Waals surface area contributed by atoms with Crippen LogP contribution < -0.4 is 10.6 Å². The van der Waals surface area contributed by atoms with Crippen LogP contribution in [0.5, 0.6) is 0 Å². The number of rotatable bonds is 5. The van der Waals surface area contributed by atoms with E-state index in [-0.39, 0.29) is 24.0 Å². The van der Waals surface area contributed by atoms with Gasteiger partial charge < -0.3 is 10.6 Å². The number of halogens is 1. The third kappa shape index (κ3) is 5.49. The first-order chi connectivity index (χ1) is 9.72. The molecule has 1 aliphatic rings. The Kier molecular flexibility index (Phi) is 8.07. The van der Waals surface area contributed by atoms with Crippen LogP contribution in [0.3, 0.4) is 0 Å². The summed E-state index contributed by atoms with van der Waals surface area (Å²) < 4.78 is 0. The first-order valence-electron chi connectivity index (χ1n) is 7.88. The van der Waals surface area contributed by atoms with E-state index in [2.05, 4.69) is 49.6 Å². The minimum Gasteiger partial charge on any atom is -0.357 e. The van der Waals surface area contributed by atoms with E-state index in [0.29, 0.717) is 6.04 Å². The molecule has 0 saturated heterocycles. The van der Waals surface area contributed by atoms with E-state index in [0.717, 1.165) is 25.5 Å². The molecule has 0 spiro atoms. The van der Waals surface area contributed by atoms with Gasteiger partial charge in [0.25, 0.3) is 0 Å². The van der Waals surface area contributed by atoms with Crippen LogP contribution in [-0.4, -0.2) is 18.5 Å². The van der Waals surface area contributed by atoms with E-state index >= 15 is 0 Å². The highest BCUT2D eigenvalue weighted by molar-refractivity contribution is 14.0. The summed E-state index contributed by atoms with van der Waals surface area (Å²) in [5.41, 5.74) is 4.37. The zero-order valence-corrected chi connectivity index (χ0v) is 15.7. The Morgan fingerprint density at radius 2 is 2.00 bits per heavy atom. The number of hydrogen-bond acceptors (Lipinski definition) is 1. The lowest BCUT2D eigenvalue weighted by molar-refractivity contribution is 0.624. The molecule has 0 fully saturated rings. The van der Waals surface area contributed by atoms with Crippen LogP contribution in [0.1, 0.15) is 50.3 Å². The van der Waals surface area contributed by atoms with Gasteiger partial charge in [0, 0.05) is 12.6 Å². The molecular formula is C17H28IN3. The largest absolute Gasteiger partial charge is 0.357 e. The fourth-order valence-corrected chi connectivity index (χ4v) is 2.55. The zero-order valence-electron chi connectivity index (χ0n) is 13.4. The monoisotopic (exact) mass is 401 g/mol. The van der Waals surface area contributed by atoms with Gasteiger partial charge in [-0.25, -0.2) is 4.99 Å². The molecule has 21 heavy (non-hydrogen) atoms. The van der Waals surface area contributed by atoms with E-state index in [1.807, 2.05) is 0 Å². The van der Waals surface area contributed by atoms with Crippen molar-refractivity contribution >= 4 is 29.9 Å². The topological polar surface area (TPSA) is 36.4 Å². The molecule has 2 N–H and O–H groups in total. The Balaban J connectivity index is 0.00000220. The summed E-state index contributed by atoms with van der Waals surface area (Å²) in [7, 11) is 0. The molecule has 0 amide bonds. The Labute approximate surface area is 146 Å². The summed E-state index contributed by atoms with van der Waals surface area (Å²) >= 11 is 0. The van der Waals surface area contributed by atoms with Crippen molar-refractivity contribution in [3.63, 3.8) is 0 Å². The maximum atomic E-state index is 4.69. The molecule has 4 heteroatoms. The van der Waals surface area contributed by atoms with Crippen LogP contribution >= 0.6 is 24.0 Å². The van der Waals surface area contributed by atoms with Crippen molar-refractivity contribution in [1.82, 2.24) is 10.6 Å². The summed E-state index contributed by atoms with van der Waals surface area (Å²) in [6.45, 7) is 8.11. The summed E-state index contributed by atoms with van der Waals surface area (Å²) in [4.78, 5) is 4.69. The molecule has 3 nitrogen and oxygen atoms in total. The van der Waals surface area contributed by atoms with Crippen molar-refractivity contribution < 1.29 is 0 Å². The average Bonchev–Trinajstić information content (AvgIpc) is 2.92. The maximum absolute atomic E-state index is 4.69. The first-order valence-corrected chi connectivity index (χ1v) is 7.88. The fraction of sp³-hybridized carbons (Fsp3) is 0.588. The number of aryl methyl sites for hydroxylation is 2. The van der Waals surface area contributed by atoms with Gasteiger partial charge in [-0.3, -0.25) is 0 Å². The highest BCUT2D eigenvalue weighted by atomic mass is 127. The zero-order chi connectivity index (χ0) is 14.4. The molecule has 0 heterocycles. The maximum Gasteiger partial charge on any atom is 0.191 e. The molecule has 1 atom stereocenters. The van der Waals surface area contributed by atoms with Crippen LogP contribution in [0.25, 0.3) is 0 Å². The third-order valence-corrected chi connectivity index (χ3v) is 3.92. The van der Waals surface area contributed by atoms with E-state index in [1.165, 1.54) is 36.0 Å². The van der Waals surface area contributed by atoms with Crippen molar-refractivity contribution in [2.24, 2.45) is 4.99 Å². The summed E-state index contributed by atoms with van der Waals surface area (Å²) in [6, 6.07) is 7.29. The van der Waals surface area contributed by atoms with E-state index in [9.17, 15) is 0 Å². The van der Waals surface area contributed by atoms with Crippen molar-refractivity contribution in [3.05, 3.63) is 34.9 Å². The summed E-state index contributed by atoms with van der Waals surface area (Å²) in [6.07, 6.45) is 4.89. The van der Waals surface area contributed by atoms with Crippen molar-refractivity contribution in [2.45, 2.75) is 59.0 Å². The third-order valence-electron chi connectivity index (χ3n) is 3.92. The van der Waals surface area contributed by atoms with Gasteiger partial charge in [0.05, 0.1) is 6.54 Å². The van der Waals surface area contributed by atoms with Crippen LogP contribution in [0, 0.1) is 0 Å². The Morgan fingerprint density at radius 3 is 2.71 bits per heavy atom. The summed E-state index contributed by atoms with van der Waals surface area (Å²) in [5.74, 6) is 0.919. The molecule has 0 radical (unpaired) electrons. The number of benzene rings is 1. The predicted octanol–water partition coefficient (Wildman–Crippen LogP) is 3.65. The van der Waals surface area contributed by atoms with Crippen LogP contribution in [0.4, 0.5) is 0 Å². The van der Waals surface area contributed by atoms with Gasteiger partial charge in [-0.1, -0.05) is 25.1 Å². The molecule has 0 bridgehead atoms. The highest BCUT2D eigenvalue weighted by Gasteiger charge is 2.10. The number of hydrogen-bond donors (Lipinski definition) is 2. The van der Waals surface area contributed by atoms with Gasteiger partial charge in [0.1, 0.15) is 0 Å². The molecule has 1 aromatic rings. The van der Waals surface area contributed by atoms with Crippen molar-refractivity contribution in [3.8, 4) is 0 Å². The Hall–Kier alpha value is -0.780. The number of aliphatic imine (C=N–C) groups is 1. The second-order valence-corrected chi connectivity index (χ2v) is 5.61. The smallest absolute Gasteiger partial charge is 0.191 e. The average molecular weight is 401 g/mol. The molecule has 118 valence electrons. The summed E-state index contributed by atoms with van der Waals surface area (Å²) in [5, 5.41) is 6.74. The number of nitrogens with one attached hydrogen (secondary N) is 2. The fourth-order valence-electron chi connectivity index (χ4n) is 2.55. The van der Waals surface area contributed by atoms with Gasteiger partial charge >= 0.3 is 0 Å². The van der Waals surface area contributed by atoms with Crippen LogP contribution in [0.2, 0.25) is 0 Å². The van der Waals surface area contributed by atoms with Crippen molar-refractivity contribution in [1.29, 1.82) is 0 Å². The van der Waals surface area contributed by atoms with E-state index in [1.54, 1.807) is 0 Å². The quantitative estimate of drug-likeness (QED) is 0.449. The minimum absolute atomic E-state index is 0. The van der Waals surface area contributed by atoms with Gasteiger partial charge in [-0.05, 0) is 56.2 Å². The van der Waals surface area contributed by atoms with Gasteiger partial charge in [-0.2, -0.15) is 0 Å². The lowest BCUT2D eigenvalue weighted by Crippen LogP contribution is -2.41. The second-order valence-electron chi connectivity index (χ2n) is 5.61. The molecule has 1 unspecified atom stereocenters. The van der Waals surface area contributed by atoms with Gasteiger partial charge in [-0.15, -0.1) is 24.0 Å². The molecule has 0 saturated carbocycles. The Bertz CT molecular complexity index is 471. The normalized spacial score (nSPS) is 15.1. The predicted molar refractivity (Wildman–Crippen MR) is 102 cm³/mol. The molecular weight excluding hydrogens is 373 g/mol. The van der Waals surface area contributed by atoms with Crippen LogP contribution in [0.15, 0.2) is 23.2 Å². The van der Waals surface area contributed by atoms with Crippen LogP contribution in [-0.2, 0) is 19.4 Å². The molecule has 0 aromatic heterocycles. The lowest BCUT2D eigenvalue weighted by Gasteiger charge is -2.16. The second kappa shape index (κ2) is 9.28. The van der Waals surface area contributed by atoms with Gasteiger partial charge in [0.15, 0.2) is 5.96 Å². The van der Waals surface area contributed by atoms with Gasteiger partial charge in [0.2, 0.25) is 0 Å². The lowest BCUT2D eigenvalue weighted by atomic mass is 10.1.